The van der Waals surface area contributed by atoms with Crippen molar-refractivity contribution in [3.8, 4) is 0 Å². The average molecular weight is 346 g/mol. The zero-order valence-corrected chi connectivity index (χ0v) is 12.6. The molecule has 0 bridgehead atoms. The van der Waals surface area contributed by atoms with Crippen LogP contribution < -0.4 is 5.32 Å². The molecule has 1 heterocycles. The lowest BCUT2D eigenvalue weighted by atomic mass is 10.2. The van der Waals surface area contributed by atoms with Gasteiger partial charge in [-0.3, -0.25) is 4.79 Å². The van der Waals surface area contributed by atoms with Gasteiger partial charge in [0.15, 0.2) is 18.2 Å². The van der Waals surface area contributed by atoms with E-state index >= 15 is 0 Å². The standard InChI is InChI=1S/C14H10ClF2NO3S/c15-10-5-12(17)11(16)4-9(10)14(20)21-7-13(19)18-6-8-2-1-3-22-8/h1-5H,6-7H2,(H,18,19). The van der Waals surface area contributed by atoms with Gasteiger partial charge in [0.05, 0.1) is 17.1 Å². The van der Waals surface area contributed by atoms with Crippen molar-refractivity contribution in [2.75, 3.05) is 6.61 Å². The van der Waals surface area contributed by atoms with Crippen molar-refractivity contribution in [2.45, 2.75) is 6.54 Å². The first kappa shape index (κ1) is 16.4. The van der Waals surface area contributed by atoms with E-state index in [0.717, 1.165) is 4.88 Å². The van der Waals surface area contributed by atoms with Crippen LogP contribution in [0.2, 0.25) is 5.02 Å². The lowest BCUT2D eigenvalue weighted by molar-refractivity contribution is -0.124. The van der Waals surface area contributed by atoms with Gasteiger partial charge in [0.25, 0.3) is 5.91 Å². The maximum atomic E-state index is 13.1. The number of hydrogen-bond donors (Lipinski definition) is 1. The third-order valence-electron chi connectivity index (χ3n) is 2.60. The average Bonchev–Trinajstić information content (AvgIpc) is 2.99. The lowest BCUT2D eigenvalue weighted by Crippen LogP contribution is -2.28. The van der Waals surface area contributed by atoms with Gasteiger partial charge in [-0.1, -0.05) is 17.7 Å². The minimum Gasteiger partial charge on any atom is -0.452 e. The van der Waals surface area contributed by atoms with Crippen LogP contribution >= 0.6 is 22.9 Å². The molecule has 0 spiro atoms. The molecule has 2 rings (SSSR count). The summed E-state index contributed by atoms with van der Waals surface area (Å²) in [6.07, 6.45) is 0. The minimum absolute atomic E-state index is 0.289. The molecule has 0 atom stereocenters. The highest BCUT2D eigenvalue weighted by atomic mass is 35.5. The van der Waals surface area contributed by atoms with Crippen LogP contribution in [0.3, 0.4) is 0 Å². The van der Waals surface area contributed by atoms with Crippen LogP contribution in [0, 0.1) is 11.6 Å². The van der Waals surface area contributed by atoms with Crippen LogP contribution in [-0.2, 0) is 16.1 Å². The van der Waals surface area contributed by atoms with E-state index in [1.807, 2.05) is 17.5 Å². The maximum absolute atomic E-state index is 13.1. The van der Waals surface area contributed by atoms with Crippen molar-refractivity contribution < 1.29 is 23.1 Å². The number of thiophene rings is 1. The topological polar surface area (TPSA) is 55.4 Å². The Morgan fingerprint density at radius 3 is 2.68 bits per heavy atom. The van der Waals surface area contributed by atoms with Gasteiger partial charge in [-0.2, -0.15) is 0 Å². The number of hydrogen-bond acceptors (Lipinski definition) is 4. The largest absolute Gasteiger partial charge is 0.452 e. The smallest absolute Gasteiger partial charge is 0.340 e. The molecule has 0 saturated carbocycles. The number of esters is 1. The summed E-state index contributed by atoms with van der Waals surface area (Å²) in [6, 6.07) is 4.99. The van der Waals surface area contributed by atoms with E-state index in [4.69, 9.17) is 16.3 Å². The summed E-state index contributed by atoms with van der Waals surface area (Å²) in [5, 5.41) is 4.13. The first-order valence-corrected chi connectivity index (χ1v) is 7.34. The highest BCUT2D eigenvalue weighted by molar-refractivity contribution is 7.09. The first-order valence-electron chi connectivity index (χ1n) is 6.08. The quantitative estimate of drug-likeness (QED) is 0.669. The molecule has 8 heteroatoms. The monoisotopic (exact) mass is 345 g/mol. The van der Waals surface area contributed by atoms with Crippen molar-refractivity contribution in [1.29, 1.82) is 0 Å². The molecule has 1 amide bonds. The molecule has 0 aliphatic carbocycles. The van der Waals surface area contributed by atoms with Gasteiger partial charge in [0, 0.05) is 4.88 Å². The Balaban J connectivity index is 1.87. The van der Waals surface area contributed by atoms with Gasteiger partial charge in [0.2, 0.25) is 0 Å². The second-order valence-electron chi connectivity index (χ2n) is 4.18. The molecule has 1 aromatic heterocycles. The van der Waals surface area contributed by atoms with E-state index in [9.17, 15) is 18.4 Å². The van der Waals surface area contributed by atoms with Crippen LogP contribution in [0.25, 0.3) is 0 Å². The number of amides is 1. The van der Waals surface area contributed by atoms with Gasteiger partial charge in [-0.25, -0.2) is 13.6 Å². The fraction of sp³-hybridized carbons (Fsp3) is 0.143. The Kier molecular flexibility index (Phi) is 5.46. The van der Waals surface area contributed by atoms with Gasteiger partial charge >= 0.3 is 5.97 Å². The van der Waals surface area contributed by atoms with E-state index in [-0.39, 0.29) is 10.6 Å². The highest BCUT2D eigenvalue weighted by Crippen LogP contribution is 2.20. The van der Waals surface area contributed by atoms with Crippen LogP contribution in [-0.4, -0.2) is 18.5 Å². The van der Waals surface area contributed by atoms with Gasteiger partial charge in [-0.15, -0.1) is 11.3 Å². The van der Waals surface area contributed by atoms with E-state index in [1.165, 1.54) is 11.3 Å². The Morgan fingerprint density at radius 2 is 2.00 bits per heavy atom. The predicted octanol–water partition coefficient (Wildman–Crippen LogP) is 3.15. The molecule has 0 radical (unpaired) electrons. The molecular weight excluding hydrogens is 336 g/mol. The second-order valence-corrected chi connectivity index (χ2v) is 5.62. The van der Waals surface area contributed by atoms with E-state index in [1.54, 1.807) is 0 Å². The van der Waals surface area contributed by atoms with Gasteiger partial charge < -0.3 is 10.1 Å². The molecule has 1 aromatic carbocycles. The van der Waals surface area contributed by atoms with Crippen molar-refractivity contribution in [2.24, 2.45) is 0 Å². The molecule has 1 N–H and O–H groups in total. The Hall–Kier alpha value is -1.99. The van der Waals surface area contributed by atoms with Gasteiger partial charge in [0.1, 0.15) is 0 Å². The summed E-state index contributed by atoms with van der Waals surface area (Å²) in [7, 11) is 0. The molecule has 116 valence electrons. The highest BCUT2D eigenvalue weighted by Gasteiger charge is 2.17. The summed E-state index contributed by atoms with van der Waals surface area (Å²) in [6.45, 7) is -0.223. The number of benzene rings is 1. The summed E-state index contributed by atoms with van der Waals surface area (Å²) in [4.78, 5) is 24.2. The second kappa shape index (κ2) is 7.33. The molecule has 0 aliphatic rings. The molecule has 0 unspecified atom stereocenters. The Bertz CT molecular complexity index is 692. The summed E-state index contributed by atoms with van der Waals surface area (Å²) >= 11 is 7.11. The van der Waals surface area contributed by atoms with Crippen molar-refractivity contribution in [1.82, 2.24) is 5.32 Å². The summed E-state index contributed by atoms with van der Waals surface area (Å²) in [5.41, 5.74) is -0.341. The van der Waals surface area contributed by atoms with Crippen LogP contribution in [0.1, 0.15) is 15.2 Å². The van der Waals surface area contributed by atoms with Crippen molar-refractivity contribution in [3.05, 3.63) is 56.7 Å². The van der Waals surface area contributed by atoms with Gasteiger partial charge in [-0.05, 0) is 23.6 Å². The molecular formula is C14H10ClF2NO3S. The van der Waals surface area contributed by atoms with Crippen LogP contribution in [0.15, 0.2) is 29.6 Å². The number of ether oxygens (including phenoxy) is 1. The molecule has 4 nitrogen and oxygen atoms in total. The number of carbonyl (C=O) groups excluding carboxylic acids is 2. The number of rotatable bonds is 5. The van der Waals surface area contributed by atoms with E-state index in [0.29, 0.717) is 18.7 Å². The number of halogens is 3. The number of carbonyl (C=O) groups is 2. The Labute approximate surface area is 133 Å². The fourth-order valence-electron chi connectivity index (χ4n) is 1.54. The lowest BCUT2D eigenvalue weighted by Gasteiger charge is -2.07. The minimum atomic E-state index is -1.22. The SMILES string of the molecule is O=C(COC(=O)c1cc(F)c(F)cc1Cl)NCc1cccs1. The Morgan fingerprint density at radius 1 is 1.27 bits per heavy atom. The summed E-state index contributed by atoms with van der Waals surface area (Å²) < 4.78 is 30.7. The molecule has 0 saturated heterocycles. The van der Waals surface area contributed by atoms with Crippen molar-refractivity contribution in [3.63, 3.8) is 0 Å². The molecule has 0 fully saturated rings. The fourth-order valence-corrected chi connectivity index (χ4v) is 2.41. The predicted molar refractivity (Wildman–Crippen MR) is 77.8 cm³/mol. The van der Waals surface area contributed by atoms with E-state index < -0.39 is 30.1 Å². The third kappa shape index (κ3) is 4.25. The van der Waals surface area contributed by atoms with Crippen LogP contribution in [0.5, 0.6) is 0 Å². The number of nitrogens with one attached hydrogen (secondary N) is 1. The van der Waals surface area contributed by atoms with E-state index in [2.05, 4.69) is 5.32 Å². The first-order chi connectivity index (χ1) is 10.5. The molecule has 22 heavy (non-hydrogen) atoms. The third-order valence-corrected chi connectivity index (χ3v) is 3.79. The normalized spacial score (nSPS) is 10.3. The zero-order chi connectivity index (χ0) is 16.1. The maximum Gasteiger partial charge on any atom is 0.340 e. The summed E-state index contributed by atoms with van der Waals surface area (Å²) in [5.74, 6) is -3.91. The zero-order valence-electron chi connectivity index (χ0n) is 11.1. The molecule has 0 aliphatic heterocycles. The molecule has 2 aromatic rings. The van der Waals surface area contributed by atoms with Crippen molar-refractivity contribution >= 4 is 34.8 Å². The van der Waals surface area contributed by atoms with Crippen LogP contribution in [0.4, 0.5) is 8.78 Å².